The molecule has 0 aliphatic carbocycles. The highest BCUT2D eigenvalue weighted by Crippen LogP contribution is 2.24. The molecule has 2 aromatic rings. The van der Waals surface area contributed by atoms with Crippen LogP contribution in [0.15, 0.2) is 23.6 Å². The molecular formula is C9H7ClN2S. The molecule has 0 bridgehead atoms. The molecule has 0 aromatic carbocycles. The highest BCUT2D eigenvalue weighted by Gasteiger charge is 2.02. The van der Waals surface area contributed by atoms with Crippen LogP contribution in [0.5, 0.6) is 0 Å². The van der Waals surface area contributed by atoms with Crippen molar-refractivity contribution in [2.45, 2.75) is 6.92 Å². The predicted molar refractivity (Wildman–Crippen MR) is 55.1 cm³/mol. The Morgan fingerprint density at radius 1 is 1.38 bits per heavy atom. The monoisotopic (exact) mass is 210 g/mol. The number of nitrogens with zero attached hydrogens (tertiary/aromatic N) is 2. The molecule has 0 fully saturated rings. The van der Waals surface area contributed by atoms with E-state index in [1.54, 1.807) is 17.4 Å². The standard InChI is InChI=1S/C9H7ClN2S/c1-6-11-7(5-9(10)12-6)8-3-2-4-13-8/h2-5H,1H3. The van der Waals surface area contributed by atoms with Crippen LogP contribution in [0.2, 0.25) is 5.15 Å². The van der Waals surface area contributed by atoms with Gasteiger partial charge in [0.2, 0.25) is 0 Å². The Bertz CT molecular complexity index is 391. The van der Waals surface area contributed by atoms with Crippen LogP contribution in [0.25, 0.3) is 10.6 Å². The van der Waals surface area contributed by atoms with Crippen LogP contribution in [0, 0.1) is 6.92 Å². The molecule has 2 aromatic heterocycles. The Balaban J connectivity index is 2.53. The van der Waals surface area contributed by atoms with Gasteiger partial charge in [-0.25, -0.2) is 9.97 Å². The first-order valence-corrected chi connectivity index (χ1v) is 5.06. The van der Waals surface area contributed by atoms with Crippen LogP contribution in [-0.4, -0.2) is 9.97 Å². The molecular weight excluding hydrogens is 204 g/mol. The Labute approximate surface area is 85.2 Å². The molecule has 2 rings (SSSR count). The molecule has 13 heavy (non-hydrogen) atoms. The summed E-state index contributed by atoms with van der Waals surface area (Å²) < 4.78 is 0. The summed E-state index contributed by atoms with van der Waals surface area (Å²) in [5.74, 6) is 0.705. The Hall–Kier alpha value is -0.930. The highest BCUT2D eigenvalue weighted by molar-refractivity contribution is 7.13. The minimum Gasteiger partial charge on any atom is -0.232 e. The van der Waals surface area contributed by atoms with Gasteiger partial charge < -0.3 is 0 Å². The maximum atomic E-state index is 5.82. The van der Waals surface area contributed by atoms with Gasteiger partial charge >= 0.3 is 0 Å². The van der Waals surface area contributed by atoms with E-state index < -0.39 is 0 Å². The van der Waals surface area contributed by atoms with Crippen molar-refractivity contribution in [3.05, 3.63) is 34.6 Å². The van der Waals surface area contributed by atoms with E-state index >= 15 is 0 Å². The van der Waals surface area contributed by atoms with Crippen LogP contribution in [0.4, 0.5) is 0 Å². The minimum atomic E-state index is 0.496. The van der Waals surface area contributed by atoms with Gasteiger partial charge in [0.25, 0.3) is 0 Å². The maximum absolute atomic E-state index is 5.82. The average Bonchev–Trinajstić information content (AvgIpc) is 2.53. The summed E-state index contributed by atoms with van der Waals surface area (Å²) in [7, 11) is 0. The molecule has 0 aliphatic heterocycles. The number of thiophene rings is 1. The topological polar surface area (TPSA) is 25.8 Å². The number of aromatic nitrogens is 2. The van der Waals surface area contributed by atoms with Crippen LogP contribution >= 0.6 is 22.9 Å². The molecule has 0 atom stereocenters. The second kappa shape index (κ2) is 3.44. The summed E-state index contributed by atoms with van der Waals surface area (Å²) >= 11 is 7.47. The number of hydrogen-bond donors (Lipinski definition) is 0. The summed E-state index contributed by atoms with van der Waals surface area (Å²) in [5, 5.41) is 2.51. The SMILES string of the molecule is Cc1nc(Cl)cc(-c2cccs2)n1. The summed E-state index contributed by atoms with van der Waals surface area (Å²) in [5.41, 5.74) is 0.896. The largest absolute Gasteiger partial charge is 0.232 e. The lowest BCUT2D eigenvalue weighted by atomic mass is 10.3. The molecule has 0 saturated heterocycles. The van der Waals surface area contributed by atoms with Gasteiger partial charge in [-0.2, -0.15) is 0 Å². The number of rotatable bonds is 1. The lowest BCUT2D eigenvalue weighted by Crippen LogP contribution is -1.89. The van der Waals surface area contributed by atoms with Crippen LogP contribution < -0.4 is 0 Å². The second-order valence-electron chi connectivity index (χ2n) is 2.60. The van der Waals surface area contributed by atoms with Crippen molar-refractivity contribution in [1.82, 2.24) is 9.97 Å². The van der Waals surface area contributed by atoms with Gasteiger partial charge in [0, 0.05) is 6.07 Å². The summed E-state index contributed by atoms with van der Waals surface area (Å²) in [6.07, 6.45) is 0. The van der Waals surface area contributed by atoms with E-state index in [1.165, 1.54) is 0 Å². The zero-order valence-electron chi connectivity index (χ0n) is 6.99. The van der Waals surface area contributed by atoms with E-state index in [2.05, 4.69) is 9.97 Å². The first kappa shape index (κ1) is 8.66. The predicted octanol–water partition coefficient (Wildman–Crippen LogP) is 3.17. The van der Waals surface area contributed by atoms with E-state index in [0.717, 1.165) is 10.6 Å². The maximum Gasteiger partial charge on any atom is 0.133 e. The molecule has 2 heterocycles. The summed E-state index contributed by atoms with van der Waals surface area (Å²) in [6, 6.07) is 5.79. The summed E-state index contributed by atoms with van der Waals surface area (Å²) in [6.45, 7) is 1.84. The molecule has 0 aliphatic rings. The third-order valence-electron chi connectivity index (χ3n) is 1.58. The highest BCUT2D eigenvalue weighted by atomic mass is 35.5. The van der Waals surface area contributed by atoms with Gasteiger partial charge in [-0.05, 0) is 18.4 Å². The lowest BCUT2D eigenvalue weighted by molar-refractivity contribution is 1.06. The van der Waals surface area contributed by atoms with Crippen LogP contribution in [0.3, 0.4) is 0 Å². The zero-order chi connectivity index (χ0) is 9.26. The second-order valence-corrected chi connectivity index (χ2v) is 3.94. The van der Waals surface area contributed by atoms with Crippen molar-refractivity contribution in [1.29, 1.82) is 0 Å². The van der Waals surface area contributed by atoms with E-state index in [0.29, 0.717) is 11.0 Å². The van der Waals surface area contributed by atoms with E-state index in [-0.39, 0.29) is 0 Å². The molecule has 0 saturated carbocycles. The fraction of sp³-hybridized carbons (Fsp3) is 0.111. The third kappa shape index (κ3) is 1.87. The van der Waals surface area contributed by atoms with Crippen molar-refractivity contribution in [2.75, 3.05) is 0 Å². The first-order valence-electron chi connectivity index (χ1n) is 3.81. The number of halogens is 1. The lowest BCUT2D eigenvalue weighted by Gasteiger charge is -1.98. The molecule has 0 radical (unpaired) electrons. The Morgan fingerprint density at radius 2 is 2.23 bits per heavy atom. The molecule has 0 N–H and O–H groups in total. The van der Waals surface area contributed by atoms with Gasteiger partial charge in [-0.1, -0.05) is 17.7 Å². The van der Waals surface area contributed by atoms with Crippen molar-refractivity contribution in [3.63, 3.8) is 0 Å². The number of hydrogen-bond acceptors (Lipinski definition) is 3. The first-order chi connectivity index (χ1) is 6.25. The third-order valence-corrected chi connectivity index (χ3v) is 2.67. The van der Waals surface area contributed by atoms with Crippen LogP contribution in [-0.2, 0) is 0 Å². The van der Waals surface area contributed by atoms with Gasteiger partial charge in [-0.15, -0.1) is 11.3 Å². The van der Waals surface area contributed by atoms with Crippen molar-refractivity contribution in [3.8, 4) is 10.6 Å². The van der Waals surface area contributed by atoms with Crippen LogP contribution in [0.1, 0.15) is 5.82 Å². The molecule has 4 heteroatoms. The quantitative estimate of drug-likeness (QED) is 0.676. The minimum absolute atomic E-state index is 0.496. The zero-order valence-corrected chi connectivity index (χ0v) is 8.56. The molecule has 0 amide bonds. The fourth-order valence-corrected chi connectivity index (χ4v) is 1.99. The van der Waals surface area contributed by atoms with Gasteiger partial charge in [-0.3, -0.25) is 0 Å². The molecule has 2 nitrogen and oxygen atoms in total. The van der Waals surface area contributed by atoms with Crippen molar-refractivity contribution < 1.29 is 0 Å². The molecule has 0 spiro atoms. The van der Waals surface area contributed by atoms with E-state index in [1.807, 2.05) is 24.4 Å². The smallest absolute Gasteiger partial charge is 0.133 e. The fourth-order valence-electron chi connectivity index (χ4n) is 1.08. The Kier molecular flexibility index (Phi) is 2.29. The average molecular weight is 211 g/mol. The van der Waals surface area contributed by atoms with E-state index in [4.69, 9.17) is 11.6 Å². The normalized spacial score (nSPS) is 10.3. The van der Waals surface area contributed by atoms with Crippen molar-refractivity contribution in [2.24, 2.45) is 0 Å². The van der Waals surface area contributed by atoms with Gasteiger partial charge in [0.05, 0.1) is 10.6 Å². The van der Waals surface area contributed by atoms with Crippen molar-refractivity contribution >= 4 is 22.9 Å². The van der Waals surface area contributed by atoms with E-state index in [9.17, 15) is 0 Å². The van der Waals surface area contributed by atoms with Gasteiger partial charge in [0.15, 0.2) is 0 Å². The summed E-state index contributed by atoms with van der Waals surface area (Å²) in [4.78, 5) is 9.41. The molecule has 0 unspecified atom stereocenters. The van der Waals surface area contributed by atoms with Gasteiger partial charge in [0.1, 0.15) is 11.0 Å². The number of aryl methyl sites for hydroxylation is 1. The molecule has 66 valence electrons. The Morgan fingerprint density at radius 3 is 2.85 bits per heavy atom.